The number of hydrogen-bond donors (Lipinski definition) is 2. The maximum Gasteiger partial charge on any atom is 0.261 e. The molecule has 0 fully saturated rings. The highest BCUT2D eigenvalue weighted by atomic mass is 19.1. The molecule has 0 aliphatic heterocycles. The molecule has 0 saturated carbocycles. The SMILES string of the molecule is NCCCN(C(=O)c1cn[nH]c1)c1ccccc1F. The number of halogens is 1. The number of nitrogens with one attached hydrogen (secondary N) is 1. The molecule has 1 heterocycles. The van der Waals surface area contributed by atoms with Crippen LogP contribution in [0.5, 0.6) is 0 Å². The molecule has 1 aromatic carbocycles. The number of amides is 1. The van der Waals surface area contributed by atoms with Crippen LogP contribution >= 0.6 is 0 Å². The fourth-order valence-electron chi connectivity index (χ4n) is 1.78. The first kappa shape index (κ1) is 13.2. The lowest BCUT2D eigenvalue weighted by atomic mass is 10.2. The Balaban J connectivity index is 2.31. The van der Waals surface area contributed by atoms with Crippen molar-refractivity contribution in [3.05, 3.63) is 48.0 Å². The third kappa shape index (κ3) is 2.97. The van der Waals surface area contributed by atoms with Gasteiger partial charge in [0, 0.05) is 12.7 Å². The first-order chi connectivity index (χ1) is 9.24. The van der Waals surface area contributed by atoms with Gasteiger partial charge in [0.15, 0.2) is 0 Å². The van der Waals surface area contributed by atoms with Crippen LogP contribution in [0.4, 0.5) is 10.1 Å². The molecule has 0 unspecified atom stereocenters. The first-order valence-electron chi connectivity index (χ1n) is 5.99. The molecule has 3 N–H and O–H groups in total. The zero-order chi connectivity index (χ0) is 13.7. The molecule has 0 aliphatic carbocycles. The van der Waals surface area contributed by atoms with Gasteiger partial charge in [-0.2, -0.15) is 5.10 Å². The lowest BCUT2D eigenvalue weighted by Gasteiger charge is -2.22. The van der Waals surface area contributed by atoms with E-state index in [9.17, 15) is 9.18 Å². The van der Waals surface area contributed by atoms with E-state index in [0.717, 1.165) is 0 Å². The van der Waals surface area contributed by atoms with E-state index in [1.54, 1.807) is 18.2 Å². The molecule has 0 spiro atoms. The molecule has 0 aliphatic rings. The molecule has 1 amide bonds. The molecule has 6 heteroatoms. The second kappa shape index (κ2) is 6.10. The van der Waals surface area contributed by atoms with E-state index in [0.29, 0.717) is 25.1 Å². The van der Waals surface area contributed by atoms with Crippen LogP contribution in [0.15, 0.2) is 36.7 Å². The normalized spacial score (nSPS) is 10.4. The predicted molar refractivity (Wildman–Crippen MR) is 70.3 cm³/mol. The number of H-pyrrole nitrogens is 1. The predicted octanol–water partition coefficient (Wildman–Crippen LogP) is 1.54. The topological polar surface area (TPSA) is 75.0 Å². The Hall–Kier alpha value is -2.21. The number of rotatable bonds is 5. The summed E-state index contributed by atoms with van der Waals surface area (Å²) >= 11 is 0. The van der Waals surface area contributed by atoms with Crippen LogP contribution in [0, 0.1) is 5.82 Å². The van der Waals surface area contributed by atoms with E-state index in [2.05, 4.69) is 10.2 Å². The minimum Gasteiger partial charge on any atom is -0.330 e. The lowest BCUT2D eigenvalue weighted by molar-refractivity contribution is 0.0986. The average Bonchev–Trinajstić information content (AvgIpc) is 2.94. The highest BCUT2D eigenvalue weighted by Gasteiger charge is 2.20. The van der Waals surface area contributed by atoms with E-state index in [1.165, 1.54) is 23.4 Å². The number of carbonyl (C=O) groups excluding carboxylic acids is 1. The van der Waals surface area contributed by atoms with Gasteiger partial charge in [-0.3, -0.25) is 9.89 Å². The van der Waals surface area contributed by atoms with Gasteiger partial charge in [0.05, 0.1) is 17.4 Å². The van der Waals surface area contributed by atoms with Crippen molar-refractivity contribution >= 4 is 11.6 Å². The number of hydrogen-bond acceptors (Lipinski definition) is 3. The second-order valence-corrected chi connectivity index (χ2v) is 4.04. The summed E-state index contributed by atoms with van der Waals surface area (Å²) in [6, 6.07) is 6.18. The van der Waals surface area contributed by atoms with Crippen LogP contribution in [0.2, 0.25) is 0 Å². The zero-order valence-electron chi connectivity index (χ0n) is 10.3. The van der Waals surface area contributed by atoms with E-state index in [-0.39, 0.29) is 11.6 Å². The molecule has 100 valence electrons. The van der Waals surface area contributed by atoms with Crippen LogP contribution in [0.3, 0.4) is 0 Å². The smallest absolute Gasteiger partial charge is 0.261 e. The first-order valence-corrected chi connectivity index (χ1v) is 5.99. The minimum atomic E-state index is -0.434. The summed E-state index contributed by atoms with van der Waals surface area (Å²) in [6.07, 6.45) is 3.50. The molecule has 0 saturated heterocycles. The number of carbonyl (C=O) groups is 1. The highest BCUT2D eigenvalue weighted by Crippen LogP contribution is 2.21. The standard InChI is InChI=1S/C13H15FN4O/c14-11-4-1-2-5-12(11)18(7-3-6-15)13(19)10-8-16-17-9-10/h1-2,4-5,8-9H,3,6-7,15H2,(H,16,17). The Kier molecular flexibility index (Phi) is 4.25. The Morgan fingerprint density at radius 1 is 1.42 bits per heavy atom. The summed E-state index contributed by atoms with van der Waals surface area (Å²) in [6.45, 7) is 0.797. The van der Waals surface area contributed by atoms with E-state index in [1.807, 2.05) is 0 Å². The van der Waals surface area contributed by atoms with E-state index >= 15 is 0 Å². The van der Waals surface area contributed by atoms with E-state index in [4.69, 9.17) is 5.73 Å². The van der Waals surface area contributed by atoms with Gasteiger partial charge in [0.1, 0.15) is 5.82 Å². The molecule has 5 nitrogen and oxygen atoms in total. The fraction of sp³-hybridized carbons (Fsp3) is 0.231. The average molecular weight is 262 g/mol. The number of anilines is 1. The molecule has 19 heavy (non-hydrogen) atoms. The van der Waals surface area contributed by atoms with Crippen molar-refractivity contribution < 1.29 is 9.18 Å². The summed E-state index contributed by atoms with van der Waals surface area (Å²) in [5.41, 5.74) is 6.10. The Bertz CT molecular complexity index is 541. The molecule has 2 rings (SSSR count). The van der Waals surface area contributed by atoms with Crippen molar-refractivity contribution in [1.29, 1.82) is 0 Å². The van der Waals surface area contributed by atoms with Gasteiger partial charge in [-0.25, -0.2) is 4.39 Å². The summed E-state index contributed by atoms with van der Waals surface area (Å²) in [7, 11) is 0. The number of para-hydroxylation sites is 1. The highest BCUT2D eigenvalue weighted by molar-refractivity contribution is 6.05. The quantitative estimate of drug-likeness (QED) is 0.858. The fourth-order valence-corrected chi connectivity index (χ4v) is 1.78. The minimum absolute atomic E-state index is 0.252. The Labute approximate surface area is 110 Å². The van der Waals surface area contributed by atoms with Crippen LogP contribution in [0.1, 0.15) is 16.8 Å². The van der Waals surface area contributed by atoms with Crippen molar-refractivity contribution in [2.75, 3.05) is 18.0 Å². The van der Waals surface area contributed by atoms with Gasteiger partial charge in [0.25, 0.3) is 5.91 Å². The van der Waals surface area contributed by atoms with Crippen molar-refractivity contribution in [2.24, 2.45) is 5.73 Å². The zero-order valence-corrected chi connectivity index (χ0v) is 10.3. The summed E-state index contributed by atoms with van der Waals surface area (Å²) in [4.78, 5) is 13.7. The number of aromatic amines is 1. The molecule has 0 radical (unpaired) electrons. The van der Waals surface area contributed by atoms with Crippen LogP contribution in [-0.2, 0) is 0 Å². The van der Waals surface area contributed by atoms with Crippen LogP contribution in [-0.4, -0.2) is 29.2 Å². The molecule has 1 aromatic heterocycles. The third-order valence-corrected chi connectivity index (χ3v) is 2.72. The monoisotopic (exact) mass is 262 g/mol. The lowest BCUT2D eigenvalue weighted by Crippen LogP contribution is -2.33. The molecule has 0 atom stereocenters. The second-order valence-electron chi connectivity index (χ2n) is 4.04. The maximum atomic E-state index is 13.8. The third-order valence-electron chi connectivity index (χ3n) is 2.72. The van der Waals surface area contributed by atoms with Crippen LogP contribution < -0.4 is 10.6 Å². The molecule has 2 aromatic rings. The van der Waals surface area contributed by atoms with Crippen molar-refractivity contribution in [3.63, 3.8) is 0 Å². The van der Waals surface area contributed by atoms with Gasteiger partial charge in [-0.1, -0.05) is 12.1 Å². The van der Waals surface area contributed by atoms with E-state index < -0.39 is 5.82 Å². The van der Waals surface area contributed by atoms with Gasteiger partial charge in [-0.05, 0) is 25.1 Å². The van der Waals surface area contributed by atoms with Gasteiger partial charge in [0.2, 0.25) is 0 Å². The van der Waals surface area contributed by atoms with Gasteiger partial charge >= 0.3 is 0 Å². The van der Waals surface area contributed by atoms with Gasteiger partial charge in [-0.15, -0.1) is 0 Å². The summed E-state index contributed by atoms with van der Waals surface area (Å²) in [5, 5.41) is 6.30. The largest absolute Gasteiger partial charge is 0.330 e. The number of nitrogens with zero attached hydrogens (tertiary/aromatic N) is 2. The maximum absolute atomic E-state index is 13.8. The summed E-state index contributed by atoms with van der Waals surface area (Å²) in [5.74, 6) is -0.733. The van der Waals surface area contributed by atoms with Crippen molar-refractivity contribution in [2.45, 2.75) is 6.42 Å². The Morgan fingerprint density at radius 2 is 2.21 bits per heavy atom. The number of benzene rings is 1. The van der Waals surface area contributed by atoms with Crippen molar-refractivity contribution in [3.8, 4) is 0 Å². The van der Waals surface area contributed by atoms with Crippen molar-refractivity contribution in [1.82, 2.24) is 10.2 Å². The summed E-state index contributed by atoms with van der Waals surface area (Å²) < 4.78 is 13.8. The Morgan fingerprint density at radius 3 is 2.84 bits per heavy atom. The molecular formula is C13H15FN4O. The number of aromatic nitrogens is 2. The number of nitrogens with two attached hydrogens (primary N) is 1. The molecular weight excluding hydrogens is 247 g/mol. The van der Waals surface area contributed by atoms with Crippen LogP contribution in [0.25, 0.3) is 0 Å². The molecule has 0 bridgehead atoms. The van der Waals surface area contributed by atoms with Gasteiger partial charge < -0.3 is 10.6 Å².